The molecule has 1 aliphatic carbocycles. The van der Waals surface area contributed by atoms with Crippen LogP contribution in [0.1, 0.15) is 69.8 Å². The van der Waals surface area contributed by atoms with E-state index in [1.54, 1.807) is 0 Å². The molecule has 20 heavy (non-hydrogen) atoms. The van der Waals surface area contributed by atoms with Gasteiger partial charge < -0.3 is 10.1 Å². The lowest BCUT2D eigenvalue weighted by atomic mass is 9.87. The monoisotopic (exact) mass is 277 g/mol. The lowest BCUT2D eigenvalue weighted by molar-refractivity contribution is -0.0193. The van der Waals surface area contributed by atoms with Crippen molar-refractivity contribution in [3.05, 3.63) is 23.3 Å². The molecule has 0 amide bonds. The van der Waals surface area contributed by atoms with Crippen molar-refractivity contribution < 1.29 is 4.74 Å². The van der Waals surface area contributed by atoms with Crippen LogP contribution in [0.4, 0.5) is 0 Å². The van der Waals surface area contributed by atoms with Gasteiger partial charge in [-0.3, -0.25) is 0 Å². The smallest absolute Gasteiger partial charge is 0.157 e. The van der Waals surface area contributed by atoms with Gasteiger partial charge in [-0.25, -0.2) is 9.97 Å². The Morgan fingerprint density at radius 2 is 2.20 bits per heavy atom. The van der Waals surface area contributed by atoms with Crippen LogP contribution < -0.4 is 5.32 Å². The van der Waals surface area contributed by atoms with Gasteiger partial charge in [-0.15, -0.1) is 0 Å². The third-order valence-electron chi connectivity index (χ3n) is 3.90. The first-order valence-electron chi connectivity index (χ1n) is 7.62. The van der Waals surface area contributed by atoms with Crippen molar-refractivity contribution in [1.82, 2.24) is 15.3 Å². The molecule has 1 N–H and O–H groups in total. The average Bonchev–Trinajstić information content (AvgIpc) is 2.42. The molecule has 112 valence electrons. The second-order valence-corrected chi connectivity index (χ2v) is 6.57. The van der Waals surface area contributed by atoms with Crippen molar-refractivity contribution in [3.63, 3.8) is 0 Å². The normalized spacial score (nSPS) is 20.6. The zero-order valence-corrected chi connectivity index (χ0v) is 13.4. The molecule has 1 heterocycles. The minimum atomic E-state index is -0.0484. The molecule has 2 unspecified atom stereocenters. The first-order valence-corrected chi connectivity index (χ1v) is 7.62. The highest BCUT2D eigenvalue weighted by Crippen LogP contribution is 2.35. The lowest BCUT2D eigenvalue weighted by Gasteiger charge is -2.30. The van der Waals surface area contributed by atoms with Crippen LogP contribution in [0.2, 0.25) is 0 Å². The SMILES string of the molecule is CCOC(c1ncc2c(n1)CCCC2NC)C(C)(C)C. The van der Waals surface area contributed by atoms with Gasteiger partial charge in [-0.05, 0) is 38.6 Å². The van der Waals surface area contributed by atoms with Gasteiger partial charge in [0.15, 0.2) is 5.82 Å². The van der Waals surface area contributed by atoms with E-state index in [1.165, 1.54) is 24.1 Å². The lowest BCUT2D eigenvalue weighted by Crippen LogP contribution is -2.27. The molecule has 0 bridgehead atoms. The van der Waals surface area contributed by atoms with E-state index < -0.39 is 0 Å². The first kappa shape index (κ1) is 15.4. The fourth-order valence-electron chi connectivity index (χ4n) is 2.87. The Morgan fingerprint density at radius 1 is 1.45 bits per heavy atom. The van der Waals surface area contributed by atoms with E-state index in [0.29, 0.717) is 12.6 Å². The Bertz CT molecular complexity index is 454. The number of aromatic nitrogens is 2. The van der Waals surface area contributed by atoms with E-state index >= 15 is 0 Å². The third kappa shape index (κ3) is 3.18. The van der Waals surface area contributed by atoms with Gasteiger partial charge in [-0.1, -0.05) is 20.8 Å². The van der Waals surface area contributed by atoms with Crippen LogP contribution in [-0.2, 0) is 11.2 Å². The summed E-state index contributed by atoms with van der Waals surface area (Å²) >= 11 is 0. The summed E-state index contributed by atoms with van der Waals surface area (Å²) in [7, 11) is 2.01. The molecule has 2 atom stereocenters. The number of ether oxygens (including phenoxy) is 1. The Labute approximate surface area is 122 Å². The van der Waals surface area contributed by atoms with Crippen molar-refractivity contribution in [3.8, 4) is 0 Å². The Hall–Kier alpha value is -1.00. The van der Waals surface area contributed by atoms with Crippen LogP contribution >= 0.6 is 0 Å². The quantitative estimate of drug-likeness (QED) is 0.918. The molecule has 0 aromatic carbocycles. The maximum atomic E-state index is 5.90. The average molecular weight is 277 g/mol. The number of hydrogen-bond acceptors (Lipinski definition) is 4. The van der Waals surface area contributed by atoms with Gasteiger partial charge in [-0.2, -0.15) is 0 Å². The largest absolute Gasteiger partial charge is 0.370 e. The van der Waals surface area contributed by atoms with E-state index in [9.17, 15) is 0 Å². The first-order chi connectivity index (χ1) is 9.47. The molecule has 0 aliphatic heterocycles. The van der Waals surface area contributed by atoms with E-state index in [0.717, 1.165) is 12.2 Å². The topological polar surface area (TPSA) is 47.0 Å². The number of fused-ring (bicyclic) bond motifs is 1. The summed E-state index contributed by atoms with van der Waals surface area (Å²) in [6.07, 6.45) is 5.35. The third-order valence-corrected chi connectivity index (χ3v) is 3.90. The highest BCUT2D eigenvalue weighted by Gasteiger charge is 2.31. The highest BCUT2D eigenvalue weighted by molar-refractivity contribution is 5.25. The number of aryl methyl sites for hydroxylation is 1. The Kier molecular flexibility index (Phi) is 4.76. The highest BCUT2D eigenvalue weighted by atomic mass is 16.5. The minimum absolute atomic E-state index is 0.00131. The second-order valence-electron chi connectivity index (χ2n) is 6.57. The summed E-state index contributed by atoms with van der Waals surface area (Å²) in [6, 6.07) is 0.396. The van der Waals surface area contributed by atoms with E-state index in [2.05, 4.69) is 31.1 Å². The van der Waals surface area contributed by atoms with Crippen molar-refractivity contribution in [2.75, 3.05) is 13.7 Å². The van der Waals surface area contributed by atoms with Gasteiger partial charge in [0.2, 0.25) is 0 Å². The molecule has 1 aromatic heterocycles. The van der Waals surface area contributed by atoms with Gasteiger partial charge in [0.25, 0.3) is 0 Å². The van der Waals surface area contributed by atoms with Crippen molar-refractivity contribution in [1.29, 1.82) is 0 Å². The Morgan fingerprint density at radius 3 is 2.80 bits per heavy atom. The molecular formula is C16H27N3O. The van der Waals surface area contributed by atoms with Crippen molar-refractivity contribution in [2.24, 2.45) is 5.41 Å². The van der Waals surface area contributed by atoms with Crippen LogP contribution in [0.15, 0.2) is 6.20 Å². The van der Waals surface area contributed by atoms with Crippen molar-refractivity contribution in [2.45, 2.75) is 59.1 Å². The van der Waals surface area contributed by atoms with E-state index in [1.807, 2.05) is 20.2 Å². The number of hydrogen-bond donors (Lipinski definition) is 1. The van der Waals surface area contributed by atoms with Crippen LogP contribution in [0, 0.1) is 5.41 Å². The fourth-order valence-corrected chi connectivity index (χ4v) is 2.87. The summed E-state index contributed by atoms with van der Waals surface area (Å²) in [5.74, 6) is 0.829. The van der Waals surface area contributed by atoms with Crippen LogP contribution in [0.25, 0.3) is 0 Å². The molecule has 4 nitrogen and oxygen atoms in total. The summed E-state index contributed by atoms with van der Waals surface area (Å²) < 4.78 is 5.90. The predicted molar refractivity (Wildman–Crippen MR) is 80.6 cm³/mol. The van der Waals surface area contributed by atoms with Crippen molar-refractivity contribution >= 4 is 0 Å². The van der Waals surface area contributed by atoms with Crippen LogP contribution in [0.3, 0.4) is 0 Å². The van der Waals surface area contributed by atoms with Crippen LogP contribution in [-0.4, -0.2) is 23.6 Å². The molecule has 0 spiro atoms. The van der Waals surface area contributed by atoms with Gasteiger partial charge >= 0.3 is 0 Å². The summed E-state index contributed by atoms with van der Waals surface area (Å²) in [4.78, 5) is 9.42. The van der Waals surface area contributed by atoms with Gasteiger partial charge in [0, 0.05) is 30.1 Å². The molecule has 2 rings (SSSR count). The van der Waals surface area contributed by atoms with Gasteiger partial charge in [0.1, 0.15) is 6.10 Å². The molecule has 0 fully saturated rings. The molecule has 1 aliphatic rings. The maximum Gasteiger partial charge on any atom is 0.157 e. The molecule has 4 heteroatoms. The van der Waals surface area contributed by atoms with E-state index in [4.69, 9.17) is 9.72 Å². The maximum absolute atomic E-state index is 5.90. The Balaban J connectivity index is 2.34. The molecule has 0 saturated carbocycles. The number of nitrogens with zero attached hydrogens (tertiary/aromatic N) is 2. The summed E-state index contributed by atoms with van der Waals surface area (Å²) in [5.41, 5.74) is 2.45. The predicted octanol–water partition coefficient (Wildman–Crippen LogP) is 3.20. The fraction of sp³-hybridized carbons (Fsp3) is 0.750. The zero-order chi connectivity index (χ0) is 14.8. The number of nitrogens with one attached hydrogen (secondary N) is 1. The summed E-state index contributed by atoms with van der Waals surface area (Å²) in [6.45, 7) is 9.22. The molecule has 0 saturated heterocycles. The van der Waals surface area contributed by atoms with Crippen LogP contribution in [0.5, 0.6) is 0 Å². The molecule has 1 aromatic rings. The zero-order valence-electron chi connectivity index (χ0n) is 13.4. The standard InChI is InChI=1S/C16H27N3O/c1-6-20-14(16(2,3)4)15-18-10-11-12(17-5)8-7-9-13(11)19-15/h10,12,14,17H,6-9H2,1-5H3. The second kappa shape index (κ2) is 6.19. The molecule has 0 radical (unpaired) electrons. The van der Waals surface area contributed by atoms with Gasteiger partial charge in [0.05, 0.1) is 0 Å². The number of rotatable bonds is 4. The summed E-state index contributed by atoms with van der Waals surface area (Å²) in [5, 5.41) is 3.35. The molecular weight excluding hydrogens is 250 g/mol. The van der Waals surface area contributed by atoms with E-state index in [-0.39, 0.29) is 11.5 Å². The minimum Gasteiger partial charge on any atom is -0.370 e.